The Morgan fingerprint density at radius 1 is 1.56 bits per heavy atom. The van der Waals surface area contributed by atoms with E-state index >= 15 is 0 Å². The highest BCUT2D eigenvalue weighted by molar-refractivity contribution is 8.14. The number of rotatable bonds is 3. The van der Waals surface area contributed by atoms with Crippen LogP contribution < -0.4 is 5.32 Å². The average Bonchev–Trinajstić information content (AvgIpc) is 2.89. The minimum atomic E-state index is 0.708. The number of nitrogens with zero attached hydrogens (tertiary/aromatic N) is 4. The van der Waals surface area contributed by atoms with Crippen LogP contribution in [-0.2, 0) is 13.6 Å². The van der Waals surface area contributed by atoms with Gasteiger partial charge in [0, 0.05) is 12.3 Å². The zero-order valence-electron chi connectivity index (χ0n) is 9.26. The fraction of sp³-hybridized carbons (Fsp3) is 0.700. The molecular formula is C10H15N5S. The van der Waals surface area contributed by atoms with Gasteiger partial charge in [0.25, 0.3) is 0 Å². The maximum Gasteiger partial charge on any atom is 0.157 e. The van der Waals surface area contributed by atoms with Crippen LogP contribution in [0.3, 0.4) is 0 Å². The van der Waals surface area contributed by atoms with E-state index in [4.69, 9.17) is 0 Å². The van der Waals surface area contributed by atoms with Crippen LogP contribution in [0.4, 0.5) is 0 Å². The third kappa shape index (κ3) is 2.07. The van der Waals surface area contributed by atoms with Crippen LogP contribution in [0.5, 0.6) is 0 Å². The number of aryl methyl sites for hydroxylation is 1. The van der Waals surface area contributed by atoms with Crippen molar-refractivity contribution < 1.29 is 0 Å². The molecule has 0 amide bonds. The van der Waals surface area contributed by atoms with E-state index in [1.54, 1.807) is 6.33 Å². The smallest absolute Gasteiger partial charge is 0.157 e. The van der Waals surface area contributed by atoms with Gasteiger partial charge in [0.15, 0.2) is 11.0 Å². The Kier molecular flexibility index (Phi) is 2.59. The summed E-state index contributed by atoms with van der Waals surface area (Å²) in [6.07, 6.45) is 4.50. The summed E-state index contributed by atoms with van der Waals surface area (Å²) in [4.78, 5) is 4.52. The standard InChI is InChI=1S/C10H15N5S/c1-15-6-13-14-9(15)5-12-10-11-4-8(16-10)7-2-3-7/h6-8H,2-5H2,1H3,(H,11,12). The molecule has 86 valence electrons. The van der Waals surface area contributed by atoms with Gasteiger partial charge in [-0.15, -0.1) is 10.2 Å². The second-order valence-electron chi connectivity index (χ2n) is 4.35. The molecule has 0 aromatic carbocycles. The van der Waals surface area contributed by atoms with Gasteiger partial charge in [-0.25, -0.2) is 0 Å². The lowest BCUT2D eigenvalue weighted by Gasteiger charge is -2.07. The Morgan fingerprint density at radius 3 is 3.12 bits per heavy atom. The molecule has 1 N–H and O–H groups in total. The summed E-state index contributed by atoms with van der Waals surface area (Å²) < 4.78 is 1.92. The molecule has 0 saturated heterocycles. The summed E-state index contributed by atoms with van der Waals surface area (Å²) in [5.41, 5.74) is 0. The minimum absolute atomic E-state index is 0.708. The normalized spacial score (nSPS) is 24.6. The van der Waals surface area contributed by atoms with Crippen LogP contribution in [0.1, 0.15) is 18.7 Å². The molecule has 0 spiro atoms. The molecule has 1 atom stereocenters. The van der Waals surface area contributed by atoms with E-state index in [1.165, 1.54) is 12.8 Å². The highest BCUT2D eigenvalue weighted by Gasteiger charge is 2.35. The Hall–Kier alpha value is -1.04. The molecule has 5 nitrogen and oxygen atoms in total. The number of nitrogens with one attached hydrogen (secondary N) is 1. The van der Waals surface area contributed by atoms with Crippen molar-refractivity contribution in [2.75, 3.05) is 6.54 Å². The molecular weight excluding hydrogens is 222 g/mol. The van der Waals surface area contributed by atoms with Crippen molar-refractivity contribution in [2.45, 2.75) is 24.6 Å². The molecule has 0 bridgehead atoms. The van der Waals surface area contributed by atoms with Crippen molar-refractivity contribution in [3.05, 3.63) is 12.2 Å². The first-order valence-corrected chi connectivity index (χ1v) is 6.49. The molecule has 2 aliphatic rings. The van der Waals surface area contributed by atoms with Crippen molar-refractivity contribution in [3.8, 4) is 0 Å². The van der Waals surface area contributed by atoms with Crippen molar-refractivity contribution in [3.63, 3.8) is 0 Å². The SMILES string of the molecule is Cn1cnnc1CNC1=NCC(C2CC2)S1. The van der Waals surface area contributed by atoms with E-state index in [0.717, 1.165) is 28.7 Å². The zero-order valence-corrected chi connectivity index (χ0v) is 10.1. The minimum Gasteiger partial charge on any atom is -0.358 e. The van der Waals surface area contributed by atoms with Crippen molar-refractivity contribution in [1.29, 1.82) is 0 Å². The molecule has 0 radical (unpaired) electrons. The third-order valence-electron chi connectivity index (χ3n) is 3.03. The van der Waals surface area contributed by atoms with E-state index in [-0.39, 0.29) is 0 Å². The van der Waals surface area contributed by atoms with Gasteiger partial charge < -0.3 is 9.88 Å². The second kappa shape index (κ2) is 4.08. The maximum atomic E-state index is 4.52. The Morgan fingerprint density at radius 2 is 2.44 bits per heavy atom. The first-order valence-electron chi connectivity index (χ1n) is 5.61. The molecule has 16 heavy (non-hydrogen) atoms. The van der Waals surface area contributed by atoms with Gasteiger partial charge >= 0.3 is 0 Å². The number of hydrogen-bond donors (Lipinski definition) is 1. The van der Waals surface area contributed by atoms with Crippen LogP contribution >= 0.6 is 11.8 Å². The van der Waals surface area contributed by atoms with Crippen LogP contribution in [-0.4, -0.2) is 31.7 Å². The van der Waals surface area contributed by atoms with Gasteiger partial charge in [0.1, 0.15) is 6.33 Å². The van der Waals surface area contributed by atoms with Gasteiger partial charge in [0.05, 0.1) is 13.1 Å². The first-order chi connectivity index (χ1) is 7.83. The Labute approximate surface area is 98.7 Å². The first kappa shape index (κ1) is 10.1. The Balaban J connectivity index is 1.51. The average molecular weight is 237 g/mol. The van der Waals surface area contributed by atoms with Crippen molar-refractivity contribution >= 4 is 16.9 Å². The summed E-state index contributed by atoms with van der Waals surface area (Å²) in [6, 6.07) is 0. The summed E-state index contributed by atoms with van der Waals surface area (Å²) in [7, 11) is 1.95. The van der Waals surface area contributed by atoms with Crippen LogP contribution in [0.25, 0.3) is 0 Å². The van der Waals surface area contributed by atoms with Crippen molar-refractivity contribution in [1.82, 2.24) is 20.1 Å². The van der Waals surface area contributed by atoms with E-state index in [1.807, 2.05) is 23.4 Å². The summed E-state index contributed by atoms with van der Waals surface area (Å²) in [6.45, 7) is 1.69. The summed E-state index contributed by atoms with van der Waals surface area (Å²) >= 11 is 1.89. The highest BCUT2D eigenvalue weighted by atomic mass is 32.2. The van der Waals surface area contributed by atoms with Crippen LogP contribution in [0.2, 0.25) is 0 Å². The molecule has 1 unspecified atom stereocenters. The fourth-order valence-electron chi connectivity index (χ4n) is 1.82. The van der Waals surface area contributed by atoms with E-state index in [2.05, 4.69) is 20.5 Å². The zero-order chi connectivity index (χ0) is 11.0. The number of hydrogen-bond acceptors (Lipinski definition) is 5. The molecule has 3 rings (SSSR count). The monoisotopic (exact) mass is 237 g/mol. The maximum absolute atomic E-state index is 4.52. The van der Waals surface area contributed by atoms with Gasteiger partial charge in [-0.05, 0) is 18.8 Å². The second-order valence-corrected chi connectivity index (χ2v) is 5.58. The number of thioether (sulfide) groups is 1. The lowest BCUT2D eigenvalue weighted by atomic mass is 10.3. The van der Waals surface area contributed by atoms with Gasteiger partial charge in [-0.2, -0.15) is 0 Å². The summed E-state index contributed by atoms with van der Waals surface area (Å²) in [5, 5.41) is 13.0. The fourth-order valence-corrected chi connectivity index (χ4v) is 3.03. The number of aliphatic imine (C=N–C) groups is 1. The third-order valence-corrected chi connectivity index (χ3v) is 4.36. The Bertz CT molecular complexity index is 409. The summed E-state index contributed by atoms with van der Waals surface area (Å²) in [5.74, 6) is 1.86. The number of amidine groups is 1. The molecule has 1 saturated carbocycles. The molecule has 6 heteroatoms. The van der Waals surface area contributed by atoms with Crippen LogP contribution in [0, 0.1) is 5.92 Å². The van der Waals surface area contributed by atoms with Gasteiger partial charge in [-0.1, -0.05) is 11.8 Å². The largest absolute Gasteiger partial charge is 0.358 e. The topological polar surface area (TPSA) is 55.1 Å². The lowest BCUT2D eigenvalue weighted by Crippen LogP contribution is -2.21. The highest BCUT2D eigenvalue weighted by Crippen LogP contribution is 2.41. The van der Waals surface area contributed by atoms with Crippen LogP contribution in [0.15, 0.2) is 11.3 Å². The quantitative estimate of drug-likeness (QED) is 0.844. The van der Waals surface area contributed by atoms with Crippen molar-refractivity contribution in [2.24, 2.45) is 18.0 Å². The molecule has 1 aromatic rings. The predicted molar refractivity (Wildman–Crippen MR) is 64.2 cm³/mol. The van der Waals surface area contributed by atoms with E-state index in [0.29, 0.717) is 6.54 Å². The molecule has 1 aliphatic heterocycles. The molecule has 1 fully saturated rings. The number of aromatic nitrogens is 3. The molecule has 1 aromatic heterocycles. The van der Waals surface area contributed by atoms with Gasteiger partial charge in [0.2, 0.25) is 0 Å². The molecule has 1 aliphatic carbocycles. The van der Waals surface area contributed by atoms with E-state index < -0.39 is 0 Å². The van der Waals surface area contributed by atoms with Gasteiger partial charge in [-0.3, -0.25) is 4.99 Å². The predicted octanol–water partition coefficient (Wildman–Crippen LogP) is 0.786. The lowest BCUT2D eigenvalue weighted by molar-refractivity contribution is 0.749. The van der Waals surface area contributed by atoms with E-state index in [9.17, 15) is 0 Å². The molecule has 2 heterocycles.